The maximum atomic E-state index is 11.5. The Morgan fingerprint density at radius 1 is 1.23 bits per heavy atom. The van der Waals surface area contributed by atoms with Gasteiger partial charge in [0.1, 0.15) is 11.9 Å². The second-order valence-corrected chi connectivity index (χ2v) is 7.90. The van der Waals surface area contributed by atoms with Gasteiger partial charge in [-0.2, -0.15) is 0 Å². The normalized spacial score (nSPS) is 15.5. The van der Waals surface area contributed by atoms with Crippen LogP contribution in [0.3, 0.4) is 0 Å². The molecule has 1 atom stereocenters. The molecular weight excluding hydrogens is 396 g/mol. The summed E-state index contributed by atoms with van der Waals surface area (Å²) in [5, 5.41) is 8.54. The smallest absolute Gasteiger partial charge is 0.331 e. The van der Waals surface area contributed by atoms with Gasteiger partial charge in [-0.05, 0) is 62.1 Å². The number of carbonyl (C=O) groups is 2. The minimum atomic E-state index is -1.18. The minimum absolute atomic E-state index is 0.372. The van der Waals surface area contributed by atoms with Gasteiger partial charge in [-0.3, -0.25) is 4.99 Å². The van der Waals surface area contributed by atoms with Crippen LogP contribution in [0.1, 0.15) is 37.1 Å². The molecule has 7 nitrogen and oxygen atoms in total. The van der Waals surface area contributed by atoms with Crippen molar-refractivity contribution in [3.63, 3.8) is 0 Å². The van der Waals surface area contributed by atoms with Crippen LogP contribution in [0.25, 0.3) is 11.3 Å². The zero-order chi connectivity index (χ0) is 22.0. The van der Waals surface area contributed by atoms with E-state index < -0.39 is 11.9 Å². The molecule has 2 aromatic rings. The van der Waals surface area contributed by atoms with Gasteiger partial charge in [-0.25, -0.2) is 9.59 Å². The molecule has 1 aromatic carbocycles. The molecular formula is C24H26N2O5. The second-order valence-electron chi connectivity index (χ2n) is 7.90. The molecule has 1 aliphatic heterocycles. The predicted molar refractivity (Wildman–Crippen MR) is 117 cm³/mol. The first-order chi connectivity index (χ1) is 14.9. The largest absolute Gasteiger partial charge is 0.493 e. The van der Waals surface area contributed by atoms with E-state index in [1.54, 1.807) is 6.92 Å². The highest BCUT2D eigenvalue weighted by Crippen LogP contribution is 2.38. The summed E-state index contributed by atoms with van der Waals surface area (Å²) in [5.74, 6) is -1.05. The molecule has 2 aliphatic rings. The molecule has 0 amide bonds. The van der Waals surface area contributed by atoms with Crippen molar-refractivity contribution in [2.24, 2.45) is 4.99 Å². The highest BCUT2D eigenvalue weighted by Gasteiger charge is 2.25. The molecule has 0 saturated heterocycles. The van der Waals surface area contributed by atoms with E-state index >= 15 is 0 Å². The summed E-state index contributed by atoms with van der Waals surface area (Å²) in [6.07, 6.45) is 3.80. The SMILES string of the molecule is CC1=NCCn2c1cc1c2-c2ccc(OCCC(C)OC(=O)C=CC(=O)O)cc2CC1. The Morgan fingerprint density at radius 3 is 2.84 bits per heavy atom. The fraction of sp³-hybridized carbons (Fsp3) is 0.375. The van der Waals surface area contributed by atoms with Gasteiger partial charge in [0, 0.05) is 30.7 Å². The monoisotopic (exact) mass is 422 g/mol. The van der Waals surface area contributed by atoms with Crippen LogP contribution in [-0.4, -0.2) is 46.6 Å². The van der Waals surface area contributed by atoms with Crippen LogP contribution in [0.4, 0.5) is 0 Å². The van der Waals surface area contributed by atoms with E-state index in [0.717, 1.165) is 49.5 Å². The van der Waals surface area contributed by atoms with Gasteiger partial charge in [0.05, 0.1) is 30.3 Å². The number of nitrogens with zero attached hydrogens (tertiary/aromatic N) is 2. The average molecular weight is 422 g/mol. The first kappa shape index (κ1) is 20.9. The molecule has 1 N–H and O–H groups in total. The maximum Gasteiger partial charge on any atom is 0.331 e. The van der Waals surface area contributed by atoms with E-state index in [1.807, 2.05) is 6.07 Å². The number of ether oxygens (including phenoxy) is 2. The Kier molecular flexibility index (Phi) is 5.93. The zero-order valence-corrected chi connectivity index (χ0v) is 17.8. The third kappa shape index (κ3) is 4.55. The van der Waals surface area contributed by atoms with Crippen LogP contribution in [-0.2, 0) is 33.7 Å². The van der Waals surface area contributed by atoms with Gasteiger partial charge in [0.25, 0.3) is 0 Å². The van der Waals surface area contributed by atoms with Crippen LogP contribution >= 0.6 is 0 Å². The molecule has 1 aromatic heterocycles. The van der Waals surface area contributed by atoms with Crippen LogP contribution in [0.15, 0.2) is 41.4 Å². The van der Waals surface area contributed by atoms with Crippen LogP contribution < -0.4 is 4.74 Å². The summed E-state index contributed by atoms with van der Waals surface area (Å²) in [4.78, 5) is 26.6. The Bertz CT molecular complexity index is 1080. The molecule has 162 valence electrons. The summed E-state index contributed by atoms with van der Waals surface area (Å²) in [6, 6.07) is 8.52. The number of carbonyl (C=O) groups excluding carboxylic acids is 1. The molecule has 31 heavy (non-hydrogen) atoms. The van der Waals surface area contributed by atoms with Crippen molar-refractivity contribution in [2.45, 2.75) is 45.8 Å². The lowest BCUT2D eigenvalue weighted by molar-refractivity contribution is -0.143. The molecule has 2 heterocycles. The van der Waals surface area contributed by atoms with Crippen molar-refractivity contribution >= 4 is 17.7 Å². The number of aliphatic imine (C=N–C) groups is 1. The molecule has 4 rings (SSSR count). The maximum absolute atomic E-state index is 11.5. The van der Waals surface area contributed by atoms with E-state index in [0.29, 0.717) is 13.0 Å². The zero-order valence-electron chi connectivity index (χ0n) is 17.8. The summed E-state index contributed by atoms with van der Waals surface area (Å²) >= 11 is 0. The topological polar surface area (TPSA) is 90.1 Å². The average Bonchev–Trinajstić information content (AvgIpc) is 3.12. The molecule has 0 saturated carbocycles. The third-order valence-corrected chi connectivity index (χ3v) is 5.69. The lowest BCUT2D eigenvalue weighted by Crippen LogP contribution is -2.17. The number of carboxylic acid groups (broad SMARTS) is 1. The Hall–Kier alpha value is -3.35. The molecule has 1 aliphatic carbocycles. The van der Waals surface area contributed by atoms with Gasteiger partial charge in [0.15, 0.2) is 0 Å². The lowest BCUT2D eigenvalue weighted by atomic mass is 9.90. The van der Waals surface area contributed by atoms with E-state index in [4.69, 9.17) is 14.6 Å². The van der Waals surface area contributed by atoms with Crippen molar-refractivity contribution in [3.8, 4) is 17.0 Å². The number of carboxylic acids is 1. The van der Waals surface area contributed by atoms with Gasteiger partial charge in [-0.1, -0.05) is 0 Å². The molecule has 7 heteroatoms. The first-order valence-electron chi connectivity index (χ1n) is 10.5. The number of aromatic nitrogens is 1. The first-order valence-corrected chi connectivity index (χ1v) is 10.5. The molecule has 0 bridgehead atoms. The van der Waals surface area contributed by atoms with Gasteiger partial charge < -0.3 is 19.1 Å². The number of rotatable bonds is 7. The van der Waals surface area contributed by atoms with E-state index in [-0.39, 0.29) is 6.10 Å². The van der Waals surface area contributed by atoms with Crippen molar-refractivity contribution in [1.82, 2.24) is 4.57 Å². The van der Waals surface area contributed by atoms with Crippen LogP contribution in [0, 0.1) is 0 Å². The molecule has 0 spiro atoms. The standard InChI is InChI=1S/C24H26N2O5/c1-15(31-23(29)8-7-22(27)28)9-12-30-19-5-6-20-17(13-19)3-4-18-14-21-16(2)25-10-11-26(21)24(18)20/h5-8,13-15H,3-4,9-12H2,1-2H3,(H,27,28). The summed E-state index contributed by atoms with van der Waals surface area (Å²) < 4.78 is 13.4. The molecule has 1 unspecified atom stereocenters. The number of fused-ring (bicyclic) bond motifs is 5. The number of esters is 1. The van der Waals surface area contributed by atoms with Crippen molar-refractivity contribution in [3.05, 3.63) is 53.2 Å². The van der Waals surface area contributed by atoms with Gasteiger partial charge >= 0.3 is 11.9 Å². The fourth-order valence-corrected chi connectivity index (χ4v) is 4.19. The predicted octanol–water partition coefficient (Wildman–Crippen LogP) is 3.42. The van der Waals surface area contributed by atoms with E-state index in [2.05, 4.69) is 34.7 Å². The van der Waals surface area contributed by atoms with Crippen LogP contribution in [0.5, 0.6) is 5.75 Å². The number of aryl methyl sites for hydroxylation is 2. The Morgan fingerprint density at radius 2 is 2.03 bits per heavy atom. The quantitative estimate of drug-likeness (QED) is 0.545. The minimum Gasteiger partial charge on any atom is -0.493 e. The van der Waals surface area contributed by atoms with Gasteiger partial charge in [0.2, 0.25) is 0 Å². The summed E-state index contributed by atoms with van der Waals surface area (Å²) in [7, 11) is 0. The third-order valence-electron chi connectivity index (χ3n) is 5.69. The van der Waals surface area contributed by atoms with Gasteiger partial charge in [-0.15, -0.1) is 0 Å². The lowest BCUT2D eigenvalue weighted by Gasteiger charge is -2.22. The van der Waals surface area contributed by atoms with Crippen molar-refractivity contribution in [2.75, 3.05) is 13.2 Å². The highest BCUT2D eigenvalue weighted by molar-refractivity contribution is 5.99. The second kappa shape index (κ2) is 8.79. The highest BCUT2D eigenvalue weighted by atomic mass is 16.5. The Balaban J connectivity index is 1.39. The van der Waals surface area contributed by atoms with E-state index in [9.17, 15) is 9.59 Å². The number of aliphatic carboxylic acids is 1. The molecule has 0 radical (unpaired) electrons. The van der Waals surface area contributed by atoms with Crippen molar-refractivity contribution in [1.29, 1.82) is 0 Å². The summed E-state index contributed by atoms with van der Waals surface area (Å²) in [6.45, 7) is 5.97. The Labute approximate surface area is 181 Å². The van der Waals surface area contributed by atoms with Crippen molar-refractivity contribution < 1.29 is 24.2 Å². The number of hydrogen-bond donors (Lipinski definition) is 1. The molecule has 0 fully saturated rings. The summed E-state index contributed by atoms with van der Waals surface area (Å²) in [5.41, 5.74) is 7.58. The van der Waals surface area contributed by atoms with Crippen LogP contribution in [0.2, 0.25) is 0 Å². The van der Waals surface area contributed by atoms with E-state index in [1.165, 1.54) is 28.1 Å². The number of hydrogen-bond acceptors (Lipinski definition) is 5. The number of benzene rings is 1. The fourth-order valence-electron chi connectivity index (χ4n) is 4.19.